The first kappa shape index (κ1) is 11.6. The van der Waals surface area contributed by atoms with Crippen LogP contribution in [-0.2, 0) is 0 Å². The second-order valence-corrected chi connectivity index (χ2v) is 4.59. The summed E-state index contributed by atoms with van der Waals surface area (Å²) in [5, 5.41) is 4.02. The van der Waals surface area contributed by atoms with Crippen LogP contribution in [0.25, 0.3) is 0 Å². The van der Waals surface area contributed by atoms with Crippen molar-refractivity contribution in [2.75, 3.05) is 19.6 Å². The van der Waals surface area contributed by atoms with Crippen LogP contribution in [0, 0.1) is 13.8 Å². The molecular weight excluding hydrogens is 202 g/mol. The molecule has 1 aliphatic heterocycles. The molecule has 2 rings (SSSR count). The maximum Gasteiger partial charge on any atom is 0.138 e. The minimum Gasteiger partial charge on any atom is -0.361 e. The standard InChI is InChI=1S/C12H21N3O/c1-9-12(10(2)16-14-9)11(8-13)15-6-4-3-5-7-15/h11H,3-8,13H2,1-2H3. The number of aryl methyl sites for hydroxylation is 2. The summed E-state index contributed by atoms with van der Waals surface area (Å²) in [5.41, 5.74) is 8.10. The fraction of sp³-hybridized carbons (Fsp3) is 0.750. The van der Waals surface area contributed by atoms with Gasteiger partial charge >= 0.3 is 0 Å². The Bertz CT molecular complexity index is 323. The molecule has 0 aromatic carbocycles. The number of likely N-dealkylation sites (tertiary alicyclic amines) is 1. The quantitative estimate of drug-likeness (QED) is 0.848. The molecule has 1 saturated heterocycles. The van der Waals surface area contributed by atoms with Gasteiger partial charge < -0.3 is 10.3 Å². The third kappa shape index (κ3) is 2.13. The average Bonchev–Trinajstić information content (AvgIpc) is 2.63. The average molecular weight is 223 g/mol. The lowest BCUT2D eigenvalue weighted by Gasteiger charge is -2.33. The van der Waals surface area contributed by atoms with Crippen LogP contribution >= 0.6 is 0 Å². The fourth-order valence-electron chi connectivity index (χ4n) is 2.65. The van der Waals surface area contributed by atoms with Crippen LogP contribution in [0.2, 0.25) is 0 Å². The highest BCUT2D eigenvalue weighted by Gasteiger charge is 2.26. The summed E-state index contributed by atoms with van der Waals surface area (Å²) in [4.78, 5) is 2.47. The Kier molecular flexibility index (Phi) is 3.61. The van der Waals surface area contributed by atoms with Crippen LogP contribution in [0.5, 0.6) is 0 Å². The van der Waals surface area contributed by atoms with Gasteiger partial charge in [0.1, 0.15) is 5.76 Å². The molecule has 1 atom stereocenters. The normalized spacial score (nSPS) is 19.9. The molecule has 0 saturated carbocycles. The third-order valence-electron chi connectivity index (χ3n) is 3.48. The molecule has 4 nitrogen and oxygen atoms in total. The van der Waals surface area contributed by atoms with E-state index < -0.39 is 0 Å². The van der Waals surface area contributed by atoms with Gasteiger partial charge in [-0.15, -0.1) is 0 Å². The minimum absolute atomic E-state index is 0.284. The van der Waals surface area contributed by atoms with Crippen LogP contribution in [0.15, 0.2) is 4.52 Å². The molecule has 1 aliphatic rings. The van der Waals surface area contributed by atoms with Gasteiger partial charge in [-0.3, -0.25) is 4.90 Å². The second kappa shape index (κ2) is 4.97. The number of aromatic nitrogens is 1. The molecule has 0 radical (unpaired) electrons. The predicted molar refractivity (Wildman–Crippen MR) is 63.2 cm³/mol. The lowest BCUT2D eigenvalue weighted by molar-refractivity contribution is 0.166. The number of hydrogen-bond acceptors (Lipinski definition) is 4. The van der Waals surface area contributed by atoms with E-state index in [0.29, 0.717) is 6.54 Å². The first-order valence-corrected chi connectivity index (χ1v) is 6.11. The van der Waals surface area contributed by atoms with E-state index in [9.17, 15) is 0 Å². The smallest absolute Gasteiger partial charge is 0.138 e. The van der Waals surface area contributed by atoms with E-state index in [4.69, 9.17) is 10.3 Å². The van der Waals surface area contributed by atoms with E-state index in [1.807, 2.05) is 13.8 Å². The molecule has 1 aromatic rings. The van der Waals surface area contributed by atoms with Gasteiger partial charge in [0.05, 0.1) is 11.7 Å². The van der Waals surface area contributed by atoms with Crippen molar-refractivity contribution >= 4 is 0 Å². The molecule has 90 valence electrons. The Morgan fingerprint density at radius 3 is 2.50 bits per heavy atom. The highest BCUT2D eigenvalue weighted by Crippen LogP contribution is 2.28. The number of piperidine rings is 1. The lowest BCUT2D eigenvalue weighted by Crippen LogP contribution is -2.38. The molecule has 0 bridgehead atoms. The summed E-state index contributed by atoms with van der Waals surface area (Å²) in [6.45, 7) is 6.90. The number of rotatable bonds is 3. The highest BCUT2D eigenvalue weighted by molar-refractivity contribution is 5.25. The topological polar surface area (TPSA) is 55.3 Å². The van der Waals surface area contributed by atoms with E-state index in [0.717, 1.165) is 24.5 Å². The molecule has 1 aromatic heterocycles. The van der Waals surface area contributed by atoms with Gasteiger partial charge in [-0.1, -0.05) is 11.6 Å². The van der Waals surface area contributed by atoms with Gasteiger partial charge in [-0.05, 0) is 39.8 Å². The minimum atomic E-state index is 0.284. The Hall–Kier alpha value is -0.870. The van der Waals surface area contributed by atoms with Crippen molar-refractivity contribution in [3.63, 3.8) is 0 Å². The number of nitrogens with zero attached hydrogens (tertiary/aromatic N) is 2. The molecule has 2 N–H and O–H groups in total. The maximum atomic E-state index is 5.92. The summed E-state index contributed by atoms with van der Waals surface area (Å²) in [6, 6.07) is 0.284. The van der Waals surface area contributed by atoms with E-state index in [-0.39, 0.29) is 6.04 Å². The van der Waals surface area contributed by atoms with E-state index in [2.05, 4.69) is 10.1 Å². The van der Waals surface area contributed by atoms with Crippen molar-refractivity contribution in [3.8, 4) is 0 Å². The summed E-state index contributed by atoms with van der Waals surface area (Å²) in [5.74, 6) is 0.915. The van der Waals surface area contributed by atoms with Gasteiger partial charge in [0, 0.05) is 12.1 Å². The molecule has 0 spiro atoms. The largest absolute Gasteiger partial charge is 0.361 e. The first-order valence-electron chi connectivity index (χ1n) is 6.11. The SMILES string of the molecule is Cc1noc(C)c1C(CN)N1CCCCC1. The Balaban J connectivity index is 2.21. The zero-order chi connectivity index (χ0) is 11.5. The molecular formula is C12H21N3O. The van der Waals surface area contributed by atoms with E-state index in [1.54, 1.807) is 0 Å². The molecule has 1 unspecified atom stereocenters. The van der Waals surface area contributed by atoms with E-state index >= 15 is 0 Å². The van der Waals surface area contributed by atoms with Crippen molar-refractivity contribution in [1.82, 2.24) is 10.1 Å². The summed E-state index contributed by atoms with van der Waals surface area (Å²) >= 11 is 0. The van der Waals surface area contributed by atoms with Crippen molar-refractivity contribution < 1.29 is 4.52 Å². The number of hydrogen-bond donors (Lipinski definition) is 1. The van der Waals surface area contributed by atoms with Crippen molar-refractivity contribution in [3.05, 3.63) is 17.0 Å². The van der Waals surface area contributed by atoms with Gasteiger partial charge in [0.2, 0.25) is 0 Å². The molecule has 4 heteroatoms. The Labute approximate surface area is 96.8 Å². The molecule has 0 aliphatic carbocycles. The van der Waals surface area contributed by atoms with Crippen LogP contribution in [0.1, 0.15) is 42.3 Å². The zero-order valence-electron chi connectivity index (χ0n) is 10.2. The van der Waals surface area contributed by atoms with Gasteiger partial charge in [-0.25, -0.2) is 0 Å². The van der Waals surface area contributed by atoms with E-state index in [1.165, 1.54) is 24.8 Å². The van der Waals surface area contributed by atoms with Gasteiger partial charge in [0.25, 0.3) is 0 Å². The summed E-state index contributed by atoms with van der Waals surface area (Å²) in [6.07, 6.45) is 3.90. The molecule has 0 amide bonds. The monoisotopic (exact) mass is 223 g/mol. The number of nitrogens with two attached hydrogens (primary N) is 1. The second-order valence-electron chi connectivity index (χ2n) is 4.59. The molecule has 2 heterocycles. The van der Waals surface area contributed by atoms with Crippen LogP contribution in [0.4, 0.5) is 0 Å². The van der Waals surface area contributed by atoms with Crippen LogP contribution in [0.3, 0.4) is 0 Å². The van der Waals surface area contributed by atoms with Crippen LogP contribution in [-0.4, -0.2) is 29.7 Å². The third-order valence-corrected chi connectivity index (χ3v) is 3.48. The maximum absolute atomic E-state index is 5.92. The Morgan fingerprint density at radius 2 is 2.00 bits per heavy atom. The van der Waals surface area contributed by atoms with Gasteiger partial charge in [0.15, 0.2) is 0 Å². The zero-order valence-corrected chi connectivity index (χ0v) is 10.2. The summed E-state index contributed by atoms with van der Waals surface area (Å²) in [7, 11) is 0. The highest BCUT2D eigenvalue weighted by atomic mass is 16.5. The van der Waals surface area contributed by atoms with Crippen molar-refractivity contribution in [2.24, 2.45) is 5.73 Å². The van der Waals surface area contributed by atoms with Crippen LogP contribution < -0.4 is 5.73 Å². The van der Waals surface area contributed by atoms with Crippen molar-refractivity contribution in [1.29, 1.82) is 0 Å². The first-order chi connectivity index (χ1) is 7.74. The predicted octanol–water partition coefficient (Wildman–Crippen LogP) is 1.78. The van der Waals surface area contributed by atoms with Crippen molar-refractivity contribution in [2.45, 2.75) is 39.2 Å². The fourth-order valence-corrected chi connectivity index (χ4v) is 2.65. The summed E-state index contributed by atoms with van der Waals surface area (Å²) < 4.78 is 5.24. The molecule has 1 fully saturated rings. The van der Waals surface area contributed by atoms with Gasteiger partial charge in [-0.2, -0.15) is 0 Å². The Morgan fingerprint density at radius 1 is 1.31 bits per heavy atom. The molecule has 16 heavy (non-hydrogen) atoms. The lowest BCUT2D eigenvalue weighted by atomic mass is 10.0.